The van der Waals surface area contributed by atoms with Crippen LogP contribution in [0.25, 0.3) is 0 Å². The predicted molar refractivity (Wildman–Crippen MR) is 43.0 cm³/mol. The third-order valence-electron chi connectivity index (χ3n) is 1.63. The number of carboxylic acid groups (broad SMARTS) is 1. The zero-order valence-electron chi connectivity index (χ0n) is 7.05. The second kappa shape index (κ2) is 3.77. The molecule has 0 bridgehead atoms. The molecule has 0 heterocycles. The lowest BCUT2D eigenvalue weighted by atomic mass is 9.86. The Morgan fingerprint density at radius 2 is 2.08 bits per heavy atom. The Hall–Kier alpha value is -1.50. The number of hydrogen-bond donors (Lipinski definition) is 2. The SMILES string of the molecule is CC#CCC(C)(C(N)=O)C(=O)O. The summed E-state index contributed by atoms with van der Waals surface area (Å²) in [6.45, 7) is 2.84. The molecule has 12 heavy (non-hydrogen) atoms. The van der Waals surface area contributed by atoms with Crippen molar-refractivity contribution in [3.63, 3.8) is 0 Å². The van der Waals surface area contributed by atoms with Crippen molar-refractivity contribution in [1.29, 1.82) is 0 Å². The highest BCUT2D eigenvalue weighted by Gasteiger charge is 2.38. The van der Waals surface area contributed by atoms with E-state index in [1.165, 1.54) is 6.92 Å². The van der Waals surface area contributed by atoms with E-state index in [1.807, 2.05) is 0 Å². The summed E-state index contributed by atoms with van der Waals surface area (Å²) in [6.07, 6.45) is -0.0475. The van der Waals surface area contributed by atoms with Gasteiger partial charge in [-0.1, -0.05) is 0 Å². The lowest BCUT2D eigenvalue weighted by molar-refractivity contribution is -0.153. The van der Waals surface area contributed by atoms with Gasteiger partial charge in [0.05, 0.1) is 0 Å². The average molecular weight is 169 g/mol. The average Bonchev–Trinajstić information content (AvgIpc) is 1.99. The van der Waals surface area contributed by atoms with Crippen molar-refractivity contribution >= 4 is 11.9 Å². The Morgan fingerprint density at radius 1 is 1.58 bits per heavy atom. The van der Waals surface area contributed by atoms with Gasteiger partial charge in [-0.05, 0) is 13.8 Å². The maximum Gasteiger partial charge on any atom is 0.319 e. The van der Waals surface area contributed by atoms with Crippen molar-refractivity contribution in [2.24, 2.45) is 11.1 Å². The molecule has 0 fully saturated rings. The van der Waals surface area contributed by atoms with Crippen molar-refractivity contribution in [1.82, 2.24) is 0 Å². The molecule has 1 atom stereocenters. The van der Waals surface area contributed by atoms with Gasteiger partial charge in [-0.25, -0.2) is 0 Å². The van der Waals surface area contributed by atoms with Gasteiger partial charge in [0.15, 0.2) is 5.41 Å². The minimum atomic E-state index is -1.57. The first-order chi connectivity index (χ1) is 5.45. The molecule has 0 aromatic heterocycles. The molecular weight excluding hydrogens is 158 g/mol. The first-order valence-corrected chi connectivity index (χ1v) is 3.38. The van der Waals surface area contributed by atoms with Crippen molar-refractivity contribution < 1.29 is 14.7 Å². The molecular formula is C8H11NO3. The number of hydrogen-bond acceptors (Lipinski definition) is 2. The van der Waals surface area contributed by atoms with Gasteiger partial charge in [-0.15, -0.1) is 11.8 Å². The van der Waals surface area contributed by atoms with Crippen molar-refractivity contribution in [3.05, 3.63) is 0 Å². The summed E-state index contributed by atoms with van der Waals surface area (Å²) >= 11 is 0. The normalized spacial score (nSPS) is 13.8. The molecule has 0 saturated carbocycles. The van der Waals surface area contributed by atoms with Crippen LogP contribution < -0.4 is 5.73 Å². The summed E-state index contributed by atoms with van der Waals surface area (Å²) in [5, 5.41) is 8.66. The molecule has 0 aliphatic rings. The van der Waals surface area contributed by atoms with Crippen LogP contribution in [0.15, 0.2) is 0 Å². The van der Waals surface area contributed by atoms with E-state index in [-0.39, 0.29) is 6.42 Å². The minimum absolute atomic E-state index is 0.0475. The van der Waals surface area contributed by atoms with Crippen molar-refractivity contribution in [3.8, 4) is 11.8 Å². The van der Waals surface area contributed by atoms with Gasteiger partial charge >= 0.3 is 5.97 Å². The standard InChI is InChI=1S/C8H11NO3/c1-3-4-5-8(2,6(9)10)7(11)12/h5H2,1-2H3,(H2,9,10)(H,11,12). The van der Waals surface area contributed by atoms with Crippen LogP contribution in [0.4, 0.5) is 0 Å². The highest BCUT2D eigenvalue weighted by molar-refractivity contribution is 6.00. The maximum absolute atomic E-state index is 10.7. The molecule has 0 aromatic rings. The Kier molecular flexibility index (Phi) is 3.30. The largest absolute Gasteiger partial charge is 0.480 e. The third kappa shape index (κ3) is 1.99. The molecule has 4 nitrogen and oxygen atoms in total. The monoisotopic (exact) mass is 169 g/mol. The Balaban J connectivity index is 4.71. The number of amides is 1. The van der Waals surface area contributed by atoms with Gasteiger partial charge in [0.2, 0.25) is 5.91 Å². The fourth-order valence-electron chi connectivity index (χ4n) is 0.533. The predicted octanol–water partition coefficient (Wildman–Crippen LogP) is -0.0240. The summed E-state index contributed by atoms with van der Waals surface area (Å²) in [6, 6.07) is 0. The summed E-state index contributed by atoms with van der Waals surface area (Å²) < 4.78 is 0. The number of rotatable bonds is 3. The summed E-state index contributed by atoms with van der Waals surface area (Å²) in [7, 11) is 0. The molecule has 0 saturated heterocycles. The number of primary amides is 1. The molecule has 0 radical (unpaired) electrons. The molecule has 66 valence electrons. The fourth-order valence-corrected chi connectivity index (χ4v) is 0.533. The zero-order chi connectivity index (χ0) is 9.78. The quantitative estimate of drug-likeness (QED) is 0.460. The van der Waals surface area contributed by atoms with E-state index in [0.717, 1.165) is 0 Å². The molecule has 4 heteroatoms. The van der Waals surface area contributed by atoms with Crippen LogP contribution in [0.3, 0.4) is 0 Å². The summed E-state index contributed by atoms with van der Waals surface area (Å²) in [5.41, 5.74) is 3.36. The Morgan fingerprint density at radius 3 is 2.33 bits per heavy atom. The molecule has 1 amide bonds. The van der Waals surface area contributed by atoms with Gasteiger partial charge in [-0.2, -0.15) is 0 Å². The fraction of sp³-hybridized carbons (Fsp3) is 0.500. The lowest BCUT2D eigenvalue weighted by Crippen LogP contribution is -2.41. The van der Waals surface area contributed by atoms with E-state index in [9.17, 15) is 9.59 Å². The van der Waals surface area contributed by atoms with Crippen molar-refractivity contribution in [2.45, 2.75) is 20.3 Å². The first kappa shape index (κ1) is 10.5. The molecule has 0 spiro atoms. The highest BCUT2D eigenvalue weighted by Crippen LogP contribution is 2.20. The first-order valence-electron chi connectivity index (χ1n) is 3.38. The summed E-state index contributed by atoms with van der Waals surface area (Å²) in [5.74, 6) is 2.93. The number of carbonyl (C=O) groups excluding carboxylic acids is 1. The van der Waals surface area contributed by atoms with Gasteiger partial charge in [0, 0.05) is 6.42 Å². The van der Waals surface area contributed by atoms with Crippen LogP contribution in [-0.2, 0) is 9.59 Å². The van der Waals surface area contributed by atoms with Gasteiger partial charge in [0.25, 0.3) is 0 Å². The minimum Gasteiger partial charge on any atom is -0.480 e. The van der Waals surface area contributed by atoms with Gasteiger partial charge in [-0.3, -0.25) is 9.59 Å². The summed E-state index contributed by atoms with van der Waals surface area (Å²) in [4.78, 5) is 21.3. The van der Waals surface area contributed by atoms with Crippen LogP contribution in [0.2, 0.25) is 0 Å². The second-order valence-corrected chi connectivity index (χ2v) is 2.61. The van der Waals surface area contributed by atoms with E-state index in [1.54, 1.807) is 6.92 Å². The topological polar surface area (TPSA) is 80.4 Å². The smallest absolute Gasteiger partial charge is 0.319 e. The van der Waals surface area contributed by atoms with E-state index >= 15 is 0 Å². The molecule has 0 rings (SSSR count). The van der Waals surface area contributed by atoms with Crippen LogP contribution in [0.1, 0.15) is 20.3 Å². The number of carboxylic acids is 1. The second-order valence-electron chi connectivity index (χ2n) is 2.61. The number of aliphatic carboxylic acids is 1. The number of carbonyl (C=O) groups is 2. The van der Waals surface area contributed by atoms with E-state index in [4.69, 9.17) is 10.8 Å². The zero-order valence-corrected chi connectivity index (χ0v) is 7.05. The van der Waals surface area contributed by atoms with E-state index in [2.05, 4.69) is 11.8 Å². The highest BCUT2D eigenvalue weighted by atomic mass is 16.4. The Labute approximate surface area is 70.8 Å². The Bertz CT molecular complexity index is 245. The van der Waals surface area contributed by atoms with Crippen LogP contribution >= 0.6 is 0 Å². The molecule has 0 aromatic carbocycles. The molecule has 0 aliphatic carbocycles. The number of nitrogens with two attached hydrogens (primary N) is 1. The van der Waals surface area contributed by atoms with Gasteiger partial charge < -0.3 is 10.8 Å². The van der Waals surface area contributed by atoms with Gasteiger partial charge in [0.1, 0.15) is 0 Å². The molecule has 1 unspecified atom stereocenters. The van der Waals surface area contributed by atoms with Crippen LogP contribution in [0.5, 0.6) is 0 Å². The molecule has 0 aliphatic heterocycles. The maximum atomic E-state index is 10.7. The van der Waals surface area contributed by atoms with Crippen LogP contribution in [0, 0.1) is 17.3 Å². The lowest BCUT2D eigenvalue weighted by Gasteiger charge is -2.16. The third-order valence-corrected chi connectivity index (χ3v) is 1.63. The van der Waals surface area contributed by atoms with E-state index < -0.39 is 17.3 Å². The molecule has 3 N–H and O–H groups in total. The van der Waals surface area contributed by atoms with E-state index in [0.29, 0.717) is 0 Å². The van der Waals surface area contributed by atoms with Crippen LogP contribution in [-0.4, -0.2) is 17.0 Å². The van der Waals surface area contributed by atoms with Crippen molar-refractivity contribution in [2.75, 3.05) is 0 Å².